The summed E-state index contributed by atoms with van der Waals surface area (Å²) in [6, 6.07) is 0. The molecule has 0 aliphatic rings. The molecule has 33 heavy (non-hydrogen) atoms. The van der Waals surface area contributed by atoms with Crippen LogP contribution in [0.15, 0.2) is 25.3 Å². The molecule has 0 aliphatic heterocycles. The SMILES string of the molecule is C=CC(=O)OC(C)CCCCCOP(=O)(OCCCCCC(C)OC(=O)C=C)OP(=O)(O)O. The van der Waals surface area contributed by atoms with Crippen LogP contribution in [0.3, 0.4) is 0 Å². The molecule has 0 saturated carbocycles. The highest BCUT2D eigenvalue weighted by Crippen LogP contribution is 2.61. The van der Waals surface area contributed by atoms with Crippen LogP contribution in [0.4, 0.5) is 0 Å². The van der Waals surface area contributed by atoms with Gasteiger partial charge in [0, 0.05) is 12.2 Å². The maximum absolute atomic E-state index is 12.5. The van der Waals surface area contributed by atoms with Gasteiger partial charge in [0.2, 0.25) is 0 Å². The molecule has 0 aromatic rings. The van der Waals surface area contributed by atoms with Crippen molar-refractivity contribution in [1.82, 2.24) is 0 Å². The minimum Gasteiger partial charge on any atom is -0.460 e. The summed E-state index contributed by atoms with van der Waals surface area (Å²) in [5.41, 5.74) is 0. The lowest BCUT2D eigenvalue weighted by molar-refractivity contribution is -0.143. The average Bonchev–Trinajstić information content (AvgIpc) is 2.71. The zero-order valence-electron chi connectivity index (χ0n) is 19.3. The monoisotopic (exact) mass is 514 g/mol. The van der Waals surface area contributed by atoms with Crippen LogP contribution in [0.2, 0.25) is 0 Å². The number of hydrogen-bond acceptors (Lipinski definition) is 9. The second-order valence-corrected chi connectivity index (χ2v) is 10.3. The predicted octanol–water partition coefficient (Wildman–Crippen LogP) is 4.59. The highest BCUT2D eigenvalue weighted by molar-refractivity contribution is 7.61. The van der Waals surface area contributed by atoms with Gasteiger partial charge in [-0.25, -0.2) is 18.7 Å². The summed E-state index contributed by atoms with van der Waals surface area (Å²) in [6.07, 6.45) is 6.37. The van der Waals surface area contributed by atoms with Gasteiger partial charge in [-0.1, -0.05) is 26.0 Å². The molecule has 2 N–H and O–H groups in total. The van der Waals surface area contributed by atoms with Gasteiger partial charge in [-0.3, -0.25) is 9.05 Å². The lowest BCUT2D eigenvalue weighted by Gasteiger charge is -2.18. The number of ether oxygens (including phenoxy) is 2. The van der Waals surface area contributed by atoms with Crippen LogP contribution in [0, 0.1) is 0 Å². The molecular weight excluding hydrogens is 478 g/mol. The molecule has 11 nitrogen and oxygen atoms in total. The van der Waals surface area contributed by atoms with Crippen molar-refractivity contribution in [3.8, 4) is 0 Å². The van der Waals surface area contributed by atoms with Gasteiger partial charge in [0.15, 0.2) is 0 Å². The second kappa shape index (κ2) is 17.2. The third-order valence-corrected chi connectivity index (χ3v) is 6.83. The number of unbranched alkanes of at least 4 members (excludes halogenated alkanes) is 4. The van der Waals surface area contributed by atoms with Crippen LogP contribution in [0.1, 0.15) is 65.2 Å². The van der Waals surface area contributed by atoms with Crippen LogP contribution < -0.4 is 0 Å². The van der Waals surface area contributed by atoms with Crippen molar-refractivity contribution < 1.29 is 51.3 Å². The Morgan fingerprint density at radius 1 is 0.788 bits per heavy atom. The number of hydrogen-bond donors (Lipinski definition) is 2. The Morgan fingerprint density at radius 2 is 1.18 bits per heavy atom. The molecule has 2 atom stereocenters. The standard InChI is InChI=1S/C20H36O11P2/c1-5-19(21)29-17(3)13-9-7-11-15-27-33(26,31-32(23,24)25)28-16-12-8-10-14-18(4)30-20(22)6-2/h5-6,17-18H,1-2,7-16H2,3-4H3,(H2,23,24,25). The first-order chi connectivity index (χ1) is 15.4. The second-order valence-electron chi connectivity index (χ2n) is 7.29. The first kappa shape index (κ1) is 31.7. The highest BCUT2D eigenvalue weighted by Gasteiger charge is 2.35. The minimum atomic E-state index is -5.10. The first-order valence-electron chi connectivity index (χ1n) is 10.7. The van der Waals surface area contributed by atoms with Gasteiger partial charge in [0.1, 0.15) is 0 Å². The third kappa shape index (κ3) is 18.8. The average molecular weight is 514 g/mol. The predicted molar refractivity (Wildman–Crippen MR) is 121 cm³/mol. The fourth-order valence-corrected chi connectivity index (χ4v) is 4.80. The fraction of sp³-hybridized carbons (Fsp3) is 0.700. The summed E-state index contributed by atoms with van der Waals surface area (Å²) in [6.45, 7) is 9.96. The van der Waals surface area contributed by atoms with E-state index in [2.05, 4.69) is 17.5 Å². The number of phosphoric acid groups is 2. The van der Waals surface area contributed by atoms with Crippen molar-refractivity contribution in [2.45, 2.75) is 77.4 Å². The van der Waals surface area contributed by atoms with E-state index in [1.165, 1.54) is 0 Å². The summed E-state index contributed by atoms with van der Waals surface area (Å²) in [5, 5.41) is 0. The number of phosphoric ester groups is 1. The van der Waals surface area contributed by atoms with Gasteiger partial charge in [0.05, 0.1) is 25.4 Å². The molecule has 192 valence electrons. The molecule has 0 aliphatic carbocycles. The van der Waals surface area contributed by atoms with Crippen LogP contribution in [-0.2, 0) is 41.6 Å². The molecule has 0 bridgehead atoms. The molecular formula is C20H36O11P2. The molecule has 0 heterocycles. The van der Waals surface area contributed by atoms with E-state index in [0.29, 0.717) is 51.4 Å². The van der Waals surface area contributed by atoms with Gasteiger partial charge in [-0.15, -0.1) is 0 Å². The highest BCUT2D eigenvalue weighted by atomic mass is 31.3. The first-order valence-corrected chi connectivity index (χ1v) is 13.7. The van der Waals surface area contributed by atoms with E-state index >= 15 is 0 Å². The zero-order valence-corrected chi connectivity index (χ0v) is 21.0. The minimum absolute atomic E-state index is 0.0930. The summed E-state index contributed by atoms with van der Waals surface area (Å²) in [5.74, 6) is -0.992. The summed E-state index contributed by atoms with van der Waals surface area (Å²) >= 11 is 0. The van der Waals surface area contributed by atoms with E-state index in [1.54, 1.807) is 13.8 Å². The maximum Gasteiger partial charge on any atom is 0.483 e. The molecule has 0 amide bonds. The Morgan fingerprint density at radius 3 is 1.52 bits per heavy atom. The van der Waals surface area contributed by atoms with Crippen molar-refractivity contribution in [2.75, 3.05) is 13.2 Å². The topological polar surface area (TPSA) is 155 Å². The smallest absolute Gasteiger partial charge is 0.460 e. The molecule has 0 radical (unpaired) electrons. The molecule has 0 rings (SSSR count). The zero-order chi connectivity index (χ0) is 25.3. The Labute approximate surface area is 195 Å². The lowest BCUT2D eigenvalue weighted by Crippen LogP contribution is -2.12. The molecule has 0 fully saturated rings. The Balaban J connectivity index is 4.24. The third-order valence-electron chi connectivity index (χ3n) is 4.18. The summed E-state index contributed by atoms with van der Waals surface area (Å²) in [7, 11) is -9.54. The van der Waals surface area contributed by atoms with Crippen molar-refractivity contribution in [1.29, 1.82) is 0 Å². The van der Waals surface area contributed by atoms with Crippen LogP contribution in [0.5, 0.6) is 0 Å². The quantitative estimate of drug-likeness (QED) is 0.101. The number of carbonyl (C=O) groups is 2. The molecule has 0 aromatic carbocycles. The van der Waals surface area contributed by atoms with Crippen molar-refractivity contribution in [2.24, 2.45) is 0 Å². The van der Waals surface area contributed by atoms with E-state index < -0.39 is 27.6 Å². The van der Waals surface area contributed by atoms with Gasteiger partial charge in [-0.05, 0) is 52.4 Å². The lowest BCUT2D eigenvalue weighted by atomic mass is 10.1. The van der Waals surface area contributed by atoms with E-state index in [0.717, 1.165) is 12.2 Å². The molecule has 13 heteroatoms. The van der Waals surface area contributed by atoms with E-state index in [1.807, 2.05) is 0 Å². The van der Waals surface area contributed by atoms with Gasteiger partial charge >= 0.3 is 27.6 Å². The summed E-state index contributed by atoms with van der Waals surface area (Å²) in [4.78, 5) is 40.2. The Kier molecular flexibility index (Phi) is 16.5. The van der Waals surface area contributed by atoms with Crippen molar-refractivity contribution in [3.63, 3.8) is 0 Å². The van der Waals surface area contributed by atoms with E-state index in [9.17, 15) is 18.7 Å². The van der Waals surface area contributed by atoms with Gasteiger partial charge in [0.25, 0.3) is 0 Å². The molecule has 0 saturated heterocycles. The van der Waals surface area contributed by atoms with Crippen LogP contribution in [0.25, 0.3) is 0 Å². The Bertz CT molecular complexity index is 660. The van der Waals surface area contributed by atoms with Crippen molar-refractivity contribution >= 4 is 27.6 Å². The number of carbonyl (C=O) groups excluding carboxylic acids is 2. The van der Waals surface area contributed by atoms with Gasteiger partial charge in [-0.2, -0.15) is 4.31 Å². The number of rotatable bonds is 20. The van der Waals surface area contributed by atoms with Gasteiger partial charge < -0.3 is 19.3 Å². The fourth-order valence-electron chi connectivity index (χ4n) is 2.60. The normalized spacial score (nSPS) is 15.2. The number of esters is 2. The molecule has 0 aromatic heterocycles. The Hall–Kier alpha value is -1.32. The van der Waals surface area contributed by atoms with Crippen LogP contribution in [-0.4, -0.2) is 47.1 Å². The summed E-state index contributed by atoms with van der Waals surface area (Å²) < 4.78 is 48.1. The molecule has 0 spiro atoms. The largest absolute Gasteiger partial charge is 0.483 e. The van der Waals surface area contributed by atoms with E-state index in [-0.39, 0.29) is 25.4 Å². The van der Waals surface area contributed by atoms with Crippen molar-refractivity contribution in [3.05, 3.63) is 25.3 Å². The maximum atomic E-state index is 12.5. The van der Waals surface area contributed by atoms with E-state index in [4.69, 9.17) is 28.3 Å². The molecule has 2 unspecified atom stereocenters. The van der Waals surface area contributed by atoms with Crippen LogP contribution >= 0.6 is 15.6 Å².